The number of rotatable bonds is 5. The van der Waals surface area contributed by atoms with Crippen LogP contribution >= 0.6 is 0 Å². The number of likely N-dealkylation sites (N-methyl/N-ethyl adjacent to an activating group) is 1. The Bertz CT molecular complexity index is 400. The van der Waals surface area contributed by atoms with E-state index in [0.717, 1.165) is 25.4 Å². The summed E-state index contributed by atoms with van der Waals surface area (Å²) in [5, 5.41) is 3.58. The Balaban J connectivity index is 1.90. The molecule has 1 aliphatic heterocycles. The predicted molar refractivity (Wildman–Crippen MR) is 79.6 cm³/mol. The van der Waals surface area contributed by atoms with Gasteiger partial charge in [0.15, 0.2) is 0 Å². The first-order chi connectivity index (χ1) is 9.00. The van der Waals surface area contributed by atoms with E-state index in [-0.39, 0.29) is 5.54 Å². The Hall–Kier alpha value is -1.06. The summed E-state index contributed by atoms with van der Waals surface area (Å²) in [5.41, 5.74) is 1.62. The van der Waals surface area contributed by atoms with Crippen LogP contribution in [0.3, 0.4) is 0 Å². The van der Waals surface area contributed by atoms with Crippen molar-refractivity contribution in [3.05, 3.63) is 29.8 Å². The van der Waals surface area contributed by atoms with Crippen molar-refractivity contribution < 1.29 is 4.74 Å². The van der Waals surface area contributed by atoms with Crippen molar-refractivity contribution in [2.75, 3.05) is 20.2 Å². The molecule has 1 fully saturated rings. The van der Waals surface area contributed by atoms with Gasteiger partial charge in [-0.05, 0) is 51.9 Å². The molecular formula is C16H26N2O. The summed E-state index contributed by atoms with van der Waals surface area (Å²) in [6.07, 6.45) is 1.21. The molecule has 1 aromatic carbocycles. The highest BCUT2D eigenvalue weighted by molar-refractivity contribution is 5.27. The molecule has 1 heterocycles. The molecule has 0 bridgehead atoms. The van der Waals surface area contributed by atoms with Crippen molar-refractivity contribution in [1.29, 1.82) is 0 Å². The van der Waals surface area contributed by atoms with Gasteiger partial charge in [0.2, 0.25) is 0 Å². The Morgan fingerprint density at radius 2 is 2.00 bits per heavy atom. The predicted octanol–water partition coefficient (Wildman–Crippen LogP) is 2.66. The second-order valence-corrected chi connectivity index (χ2v) is 6.11. The largest absolute Gasteiger partial charge is 0.494 e. The third-order valence-corrected chi connectivity index (χ3v) is 3.85. The minimum Gasteiger partial charge on any atom is -0.494 e. The molecule has 19 heavy (non-hydrogen) atoms. The summed E-state index contributed by atoms with van der Waals surface area (Å²) >= 11 is 0. The van der Waals surface area contributed by atoms with Gasteiger partial charge < -0.3 is 10.1 Å². The maximum atomic E-state index is 5.47. The molecule has 0 aliphatic carbocycles. The van der Waals surface area contributed by atoms with Crippen molar-refractivity contribution in [2.24, 2.45) is 0 Å². The zero-order chi connectivity index (χ0) is 13.9. The third-order valence-electron chi connectivity index (χ3n) is 3.85. The van der Waals surface area contributed by atoms with Gasteiger partial charge in [-0.1, -0.05) is 12.1 Å². The van der Waals surface area contributed by atoms with E-state index in [9.17, 15) is 0 Å². The molecule has 1 aliphatic rings. The molecule has 106 valence electrons. The highest BCUT2D eigenvalue weighted by atomic mass is 16.5. The van der Waals surface area contributed by atoms with Gasteiger partial charge in [-0.3, -0.25) is 4.90 Å². The third kappa shape index (κ3) is 3.95. The molecule has 0 amide bonds. The van der Waals surface area contributed by atoms with Gasteiger partial charge in [0, 0.05) is 24.7 Å². The van der Waals surface area contributed by atoms with Gasteiger partial charge >= 0.3 is 0 Å². The molecule has 1 atom stereocenters. The summed E-state index contributed by atoms with van der Waals surface area (Å²) in [5.74, 6) is 0.956. The van der Waals surface area contributed by atoms with Crippen LogP contribution in [0.5, 0.6) is 5.75 Å². The average molecular weight is 262 g/mol. The van der Waals surface area contributed by atoms with E-state index in [1.54, 1.807) is 0 Å². The fraction of sp³-hybridized carbons (Fsp3) is 0.625. The van der Waals surface area contributed by atoms with Crippen molar-refractivity contribution in [3.63, 3.8) is 0 Å². The van der Waals surface area contributed by atoms with E-state index >= 15 is 0 Å². The molecule has 1 saturated heterocycles. The van der Waals surface area contributed by atoms with Crippen LogP contribution in [0.15, 0.2) is 24.3 Å². The van der Waals surface area contributed by atoms with Gasteiger partial charge in [-0.2, -0.15) is 0 Å². The summed E-state index contributed by atoms with van der Waals surface area (Å²) in [7, 11) is 2.21. The normalized spacial score (nSPS) is 21.8. The van der Waals surface area contributed by atoms with Crippen LogP contribution < -0.4 is 10.1 Å². The molecule has 0 radical (unpaired) electrons. The van der Waals surface area contributed by atoms with Crippen LogP contribution in [0.4, 0.5) is 0 Å². The minimum absolute atomic E-state index is 0.276. The Morgan fingerprint density at radius 3 is 2.53 bits per heavy atom. The lowest BCUT2D eigenvalue weighted by atomic mass is 10.0. The van der Waals surface area contributed by atoms with Crippen LogP contribution in [0.25, 0.3) is 0 Å². The quantitative estimate of drug-likeness (QED) is 0.883. The number of nitrogens with zero attached hydrogens (tertiary/aromatic N) is 1. The molecule has 3 nitrogen and oxygen atoms in total. The average Bonchev–Trinajstić information content (AvgIpc) is 2.73. The van der Waals surface area contributed by atoms with Crippen LogP contribution in [0, 0.1) is 0 Å². The van der Waals surface area contributed by atoms with Gasteiger partial charge in [0.25, 0.3) is 0 Å². The highest BCUT2D eigenvalue weighted by Gasteiger charge is 2.32. The van der Waals surface area contributed by atoms with E-state index in [1.807, 2.05) is 6.92 Å². The fourth-order valence-corrected chi connectivity index (χ4v) is 2.71. The summed E-state index contributed by atoms with van der Waals surface area (Å²) in [6, 6.07) is 9.07. The summed E-state index contributed by atoms with van der Waals surface area (Å²) < 4.78 is 5.47. The number of hydrogen-bond acceptors (Lipinski definition) is 3. The topological polar surface area (TPSA) is 24.5 Å². The number of nitrogens with one attached hydrogen (secondary N) is 1. The molecule has 0 aromatic heterocycles. The fourth-order valence-electron chi connectivity index (χ4n) is 2.71. The lowest BCUT2D eigenvalue weighted by molar-refractivity contribution is 0.240. The molecule has 1 N–H and O–H groups in total. The molecule has 1 unspecified atom stereocenters. The van der Waals surface area contributed by atoms with Crippen molar-refractivity contribution >= 4 is 0 Å². The number of hydrogen-bond donors (Lipinski definition) is 1. The van der Waals surface area contributed by atoms with E-state index in [0.29, 0.717) is 6.04 Å². The van der Waals surface area contributed by atoms with Gasteiger partial charge in [0.1, 0.15) is 5.75 Å². The Kier molecular flexibility index (Phi) is 4.48. The number of benzene rings is 1. The molecule has 1 aromatic rings. The van der Waals surface area contributed by atoms with E-state index < -0.39 is 0 Å². The maximum absolute atomic E-state index is 5.47. The first-order valence-corrected chi connectivity index (χ1v) is 7.17. The van der Waals surface area contributed by atoms with Crippen molar-refractivity contribution in [3.8, 4) is 5.75 Å². The van der Waals surface area contributed by atoms with Crippen LogP contribution in [0.2, 0.25) is 0 Å². The minimum atomic E-state index is 0.276. The smallest absolute Gasteiger partial charge is 0.119 e. The van der Waals surface area contributed by atoms with Gasteiger partial charge in [-0.25, -0.2) is 0 Å². The lowest BCUT2D eigenvalue weighted by Crippen LogP contribution is -2.32. The molecule has 0 saturated carbocycles. The standard InChI is InChI=1S/C16H26N2O/c1-5-19-15-8-6-13(7-9-15)12-18(4)14-10-16(2,3)17-11-14/h6-9,14,17H,5,10-12H2,1-4H3. The van der Waals surface area contributed by atoms with Crippen LogP contribution in [-0.2, 0) is 6.54 Å². The molecular weight excluding hydrogens is 236 g/mol. The molecule has 0 spiro atoms. The van der Waals surface area contributed by atoms with E-state index in [1.165, 1.54) is 12.0 Å². The second kappa shape index (κ2) is 5.93. The zero-order valence-electron chi connectivity index (χ0n) is 12.6. The summed E-state index contributed by atoms with van der Waals surface area (Å²) in [6.45, 7) is 9.36. The van der Waals surface area contributed by atoms with E-state index in [4.69, 9.17) is 4.74 Å². The summed E-state index contributed by atoms with van der Waals surface area (Å²) in [4.78, 5) is 2.44. The Labute approximate surface area is 116 Å². The molecule has 2 rings (SSSR count). The monoisotopic (exact) mass is 262 g/mol. The van der Waals surface area contributed by atoms with Crippen molar-refractivity contribution in [1.82, 2.24) is 10.2 Å². The Morgan fingerprint density at radius 1 is 1.32 bits per heavy atom. The zero-order valence-corrected chi connectivity index (χ0v) is 12.6. The lowest BCUT2D eigenvalue weighted by Gasteiger charge is -2.25. The first kappa shape index (κ1) is 14.4. The molecule has 3 heteroatoms. The van der Waals surface area contributed by atoms with Gasteiger partial charge in [0.05, 0.1) is 6.61 Å². The second-order valence-electron chi connectivity index (χ2n) is 6.11. The van der Waals surface area contributed by atoms with Crippen LogP contribution in [0.1, 0.15) is 32.8 Å². The SMILES string of the molecule is CCOc1ccc(CN(C)C2CNC(C)(C)C2)cc1. The maximum Gasteiger partial charge on any atom is 0.119 e. The highest BCUT2D eigenvalue weighted by Crippen LogP contribution is 2.23. The van der Waals surface area contributed by atoms with Crippen LogP contribution in [-0.4, -0.2) is 36.7 Å². The number of ether oxygens (including phenoxy) is 1. The van der Waals surface area contributed by atoms with Gasteiger partial charge in [-0.15, -0.1) is 0 Å². The van der Waals surface area contributed by atoms with Crippen molar-refractivity contribution in [2.45, 2.75) is 45.3 Å². The van der Waals surface area contributed by atoms with E-state index in [2.05, 4.69) is 55.4 Å². The first-order valence-electron chi connectivity index (χ1n) is 7.17.